The average molecular weight is 186 g/mol. The van der Waals surface area contributed by atoms with Gasteiger partial charge in [0.15, 0.2) is 11.1 Å². The summed E-state index contributed by atoms with van der Waals surface area (Å²) in [7, 11) is 0. The first-order chi connectivity index (χ1) is 6.86. The predicted molar refractivity (Wildman–Crippen MR) is 51.2 cm³/mol. The molecule has 0 aliphatic heterocycles. The minimum absolute atomic E-state index is 0.360. The molecule has 0 bridgehead atoms. The lowest BCUT2D eigenvalue weighted by atomic mass is 10.3. The molecule has 1 aromatic carbocycles. The molecule has 2 aromatic heterocycles. The summed E-state index contributed by atoms with van der Waals surface area (Å²) in [5.74, 6) is 0. The molecule has 4 heteroatoms. The van der Waals surface area contributed by atoms with Crippen LogP contribution in [0.3, 0.4) is 0 Å². The van der Waals surface area contributed by atoms with Gasteiger partial charge in [-0.2, -0.15) is 0 Å². The van der Waals surface area contributed by atoms with Crippen molar-refractivity contribution in [3.63, 3.8) is 0 Å². The highest BCUT2D eigenvalue weighted by atomic mass is 16.4. The van der Waals surface area contributed by atoms with E-state index in [1.54, 1.807) is 16.8 Å². The van der Waals surface area contributed by atoms with Gasteiger partial charge in [0.05, 0.1) is 18.0 Å². The van der Waals surface area contributed by atoms with Gasteiger partial charge in [-0.3, -0.25) is 4.40 Å². The topological polar surface area (TPSA) is 47.5 Å². The van der Waals surface area contributed by atoms with E-state index in [1.807, 2.05) is 18.2 Å². The highest BCUT2D eigenvalue weighted by Crippen LogP contribution is 2.12. The van der Waals surface area contributed by atoms with Crippen LogP contribution in [0.25, 0.3) is 16.6 Å². The van der Waals surface area contributed by atoms with Crippen LogP contribution in [0.15, 0.2) is 46.0 Å². The third-order valence-corrected chi connectivity index (χ3v) is 2.18. The van der Waals surface area contributed by atoms with Crippen molar-refractivity contribution in [1.29, 1.82) is 0 Å². The first-order valence-corrected chi connectivity index (χ1v) is 4.20. The van der Waals surface area contributed by atoms with E-state index in [4.69, 9.17) is 4.42 Å². The SMILES string of the molecule is O=c1oc2ccccc2n2cncc12. The minimum Gasteiger partial charge on any atom is -0.420 e. The Kier molecular flexibility index (Phi) is 1.28. The Morgan fingerprint density at radius 1 is 1.21 bits per heavy atom. The van der Waals surface area contributed by atoms with Gasteiger partial charge in [-0.1, -0.05) is 12.1 Å². The van der Waals surface area contributed by atoms with E-state index in [1.165, 1.54) is 6.20 Å². The number of para-hydroxylation sites is 2. The van der Waals surface area contributed by atoms with Crippen LogP contribution < -0.4 is 5.63 Å². The first kappa shape index (κ1) is 7.32. The molecule has 0 atom stereocenters. The van der Waals surface area contributed by atoms with Crippen molar-refractivity contribution in [2.45, 2.75) is 0 Å². The van der Waals surface area contributed by atoms with Gasteiger partial charge in [-0.15, -0.1) is 0 Å². The van der Waals surface area contributed by atoms with E-state index >= 15 is 0 Å². The molecular weight excluding hydrogens is 180 g/mol. The van der Waals surface area contributed by atoms with E-state index in [0.717, 1.165) is 5.52 Å². The smallest absolute Gasteiger partial charge is 0.362 e. The molecule has 0 N–H and O–H groups in total. The van der Waals surface area contributed by atoms with E-state index in [-0.39, 0.29) is 5.63 Å². The van der Waals surface area contributed by atoms with Crippen molar-refractivity contribution < 1.29 is 4.42 Å². The van der Waals surface area contributed by atoms with Crippen LogP contribution in [0.4, 0.5) is 0 Å². The fraction of sp³-hybridized carbons (Fsp3) is 0. The van der Waals surface area contributed by atoms with Gasteiger partial charge in [-0.25, -0.2) is 9.78 Å². The van der Waals surface area contributed by atoms with Crippen LogP contribution in [0.2, 0.25) is 0 Å². The zero-order chi connectivity index (χ0) is 9.54. The van der Waals surface area contributed by atoms with E-state index in [2.05, 4.69) is 4.98 Å². The largest absolute Gasteiger partial charge is 0.420 e. The Morgan fingerprint density at radius 2 is 2.07 bits per heavy atom. The van der Waals surface area contributed by atoms with Crippen molar-refractivity contribution in [2.24, 2.45) is 0 Å². The number of fused-ring (bicyclic) bond motifs is 3. The van der Waals surface area contributed by atoms with E-state index < -0.39 is 0 Å². The van der Waals surface area contributed by atoms with Crippen molar-refractivity contribution >= 4 is 16.6 Å². The molecule has 14 heavy (non-hydrogen) atoms. The Balaban J connectivity index is 2.73. The molecule has 0 amide bonds. The summed E-state index contributed by atoms with van der Waals surface area (Å²) in [5.41, 5.74) is 1.52. The van der Waals surface area contributed by atoms with Crippen molar-refractivity contribution in [3.05, 3.63) is 47.2 Å². The van der Waals surface area contributed by atoms with Gasteiger partial charge >= 0.3 is 5.63 Å². The second kappa shape index (κ2) is 2.45. The summed E-state index contributed by atoms with van der Waals surface area (Å²) < 4.78 is 6.84. The highest BCUT2D eigenvalue weighted by molar-refractivity contribution is 5.75. The third kappa shape index (κ3) is 0.821. The molecule has 0 spiro atoms. The second-order valence-corrected chi connectivity index (χ2v) is 3.01. The van der Waals surface area contributed by atoms with Crippen molar-refractivity contribution in [2.75, 3.05) is 0 Å². The van der Waals surface area contributed by atoms with Gasteiger partial charge < -0.3 is 4.42 Å². The molecule has 0 fully saturated rings. The molecule has 68 valence electrons. The van der Waals surface area contributed by atoms with Gasteiger partial charge in [0.1, 0.15) is 0 Å². The molecule has 3 rings (SSSR count). The summed E-state index contributed by atoms with van der Waals surface area (Å²) in [6, 6.07) is 7.36. The third-order valence-electron chi connectivity index (χ3n) is 2.18. The monoisotopic (exact) mass is 186 g/mol. The van der Waals surface area contributed by atoms with Gasteiger partial charge in [0.25, 0.3) is 0 Å². The quantitative estimate of drug-likeness (QED) is 0.533. The van der Waals surface area contributed by atoms with Gasteiger partial charge in [0, 0.05) is 0 Å². The summed E-state index contributed by atoms with van der Waals surface area (Å²) in [4.78, 5) is 15.3. The molecule has 0 saturated heterocycles. The van der Waals surface area contributed by atoms with Crippen LogP contribution in [-0.4, -0.2) is 9.38 Å². The standard InChI is InChI=1S/C10H6N2O2/c13-10-8-5-11-6-12(8)7-3-1-2-4-9(7)14-10/h1-6H. The van der Waals surface area contributed by atoms with Crippen LogP contribution in [0.5, 0.6) is 0 Å². The predicted octanol–water partition coefficient (Wildman–Crippen LogP) is 1.44. The lowest BCUT2D eigenvalue weighted by Crippen LogP contribution is -2.03. The molecule has 0 aliphatic carbocycles. The van der Waals surface area contributed by atoms with Gasteiger partial charge in [0.2, 0.25) is 0 Å². The lowest BCUT2D eigenvalue weighted by molar-refractivity contribution is 0.562. The normalized spacial score (nSPS) is 11.1. The maximum absolute atomic E-state index is 11.4. The maximum atomic E-state index is 11.4. The van der Waals surface area contributed by atoms with E-state index in [0.29, 0.717) is 11.1 Å². The number of hydrogen-bond acceptors (Lipinski definition) is 3. The first-order valence-electron chi connectivity index (χ1n) is 4.20. The van der Waals surface area contributed by atoms with Gasteiger partial charge in [-0.05, 0) is 12.1 Å². The van der Waals surface area contributed by atoms with Crippen LogP contribution >= 0.6 is 0 Å². The minimum atomic E-state index is -0.360. The molecule has 0 radical (unpaired) electrons. The molecule has 4 nitrogen and oxygen atoms in total. The number of rotatable bonds is 0. The Bertz CT molecular complexity index is 666. The Morgan fingerprint density at radius 3 is 3.00 bits per heavy atom. The summed E-state index contributed by atoms with van der Waals surface area (Å²) in [6.07, 6.45) is 3.10. The fourth-order valence-electron chi connectivity index (χ4n) is 1.53. The number of imidazole rings is 1. The molecule has 0 saturated carbocycles. The summed E-state index contributed by atoms with van der Waals surface area (Å²) >= 11 is 0. The maximum Gasteiger partial charge on any atom is 0.362 e. The number of hydrogen-bond donors (Lipinski definition) is 0. The van der Waals surface area contributed by atoms with Crippen molar-refractivity contribution in [3.8, 4) is 0 Å². The number of benzene rings is 1. The molecule has 0 aliphatic rings. The Hall–Kier alpha value is -2.10. The second-order valence-electron chi connectivity index (χ2n) is 3.01. The lowest BCUT2D eigenvalue weighted by Gasteiger charge is -1.98. The average Bonchev–Trinajstić information content (AvgIpc) is 2.67. The van der Waals surface area contributed by atoms with Crippen LogP contribution in [0.1, 0.15) is 0 Å². The zero-order valence-electron chi connectivity index (χ0n) is 7.18. The highest BCUT2D eigenvalue weighted by Gasteiger charge is 2.05. The fourth-order valence-corrected chi connectivity index (χ4v) is 1.53. The van der Waals surface area contributed by atoms with Crippen LogP contribution in [-0.2, 0) is 0 Å². The summed E-state index contributed by atoms with van der Waals surface area (Å²) in [5, 5.41) is 0. The number of nitrogens with zero attached hydrogens (tertiary/aromatic N) is 2. The summed E-state index contributed by atoms with van der Waals surface area (Å²) in [6.45, 7) is 0. The molecule has 3 aromatic rings. The van der Waals surface area contributed by atoms with Crippen molar-refractivity contribution in [1.82, 2.24) is 9.38 Å². The van der Waals surface area contributed by atoms with Crippen LogP contribution in [0, 0.1) is 0 Å². The molecular formula is C10H6N2O2. The Labute approximate surface area is 78.4 Å². The number of aromatic nitrogens is 2. The van der Waals surface area contributed by atoms with E-state index in [9.17, 15) is 4.79 Å². The zero-order valence-corrected chi connectivity index (χ0v) is 7.18. The molecule has 0 unspecified atom stereocenters. The molecule has 2 heterocycles.